The Kier molecular flexibility index (Phi) is 5.33. The van der Waals surface area contributed by atoms with E-state index in [4.69, 9.17) is 9.84 Å². The molecule has 3 atom stereocenters. The standard InChI is InChI=1S/C16H21NO4/c1-2-21-14-10-12(14)16(20)17-13(8-9-15(18)19)11-6-4-3-5-7-11/h3-7,12-14H,2,8-10H2,1H3,(H,17,20)(H,18,19). The topological polar surface area (TPSA) is 75.6 Å². The lowest BCUT2D eigenvalue weighted by Crippen LogP contribution is -2.31. The molecule has 5 nitrogen and oxygen atoms in total. The highest BCUT2D eigenvalue weighted by Crippen LogP contribution is 2.34. The Bertz CT molecular complexity index is 488. The first-order valence-electron chi connectivity index (χ1n) is 7.30. The van der Waals surface area contributed by atoms with Crippen LogP contribution in [0.1, 0.15) is 37.8 Å². The molecule has 5 heteroatoms. The van der Waals surface area contributed by atoms with E-state index in [1.165, 1.54) is 0 Å². The lowest BCUT2D eigenvalue weighted by atomic mass is 10.0. The zero-order chi connectivity index (χ0) is 15.2. The molecular formula is C16H21NO4. The van der Waals surface area contributed by atoms with Crippen molar-refractivity contribution in [3.8, 4) is 0 Å². The first-order valence-corrected chi connectivity index (χ1v) is 7.30. The Morgan fingerprint density at radius 2 is 2.10 bits per heavy atom. The van der Waals surface area contributed by atoms with Crippen LogP contribution in [0.15, 0.2) is 30.3 Å². The van der Waals surface area contributed by atoms with Crippen LogP contribution in [0.5, 0.6) is 0 Å². The second kappa shape index (κ2) is 7.22. The molecule has 1 aliphatic carbocycles. The summed E-state index contributed by atoms with van der Waals surface area (Å²) in [6.07, 6.45) is 1.18. The van der Waals surface area contributed by atoms with Crippen molar-refractivity contribution < 1.29 is 19.4 Å². The van der Waals surface area contributed by atoms with Crippen LogP contribution in [0.3, 0.4) is 0 Å². The van der Waals surface area contributed by atoms with Crippen molar-refractivity contribution >= 4 is 11.9 Å². The Morgan fingerprint density at radius 1 is 1.38 bits per heavy atom. The average Bonchev–Trinajstić information content (AvgIpc) is 3.24. The Hall–Kier alpha value is -1.88. The quantitative estimate of drug-likeness (QED) is 0.769. The minimum atomic E-state index is -0.858. The number of carbonyl (C=O) groups excluding carboxylic acids is 1. The third-order valence-corrected chi connectivity index (χ3v) is 3.61. The number of amides is 1. The predicted octanol–water partition coefficient (Wildman–Crippen LogP) is 2.13. The molecule has 2 N–H and O–H groups in total. The Balaban J connectivity index is 1.96. The van der Waals surface area contributed by atoms with E-state index in [9.17, 15) is 9.59 Å². The average molecular weight is 291 g/mol. The van der Waals surface area contributed by atoms with Gasteiger partial charge in [0, 0.05) is 13.0 Å². The molecule has 0 spiro atoms. The minimum absolute atomic E-state index is 0.0193. The number of carboxylic acid groups (broad SMARTS) is 1. The van der Waals surface area contributed by atoms with Crippen molar-refractivity contribution in [1.82, 2.24) is 5.32 Å². The van der Waals surface area contributed by atoms with Gasteiger partial charge in [0.2, 0.25) is 5.91 Å². The van der Waals surface area contributed by atoms with E-state index >= 15 is 0 Å². The summed E-state index contributed by atoms with van der Waals surface area (Å²) in [5.74, 6) is -1.00. The number of carboxylic acids is 1. The zero-order valence-corrected chi connectivity index (χ0v) is 12.1. The summed E-state index contributed by atoms with van der Waals surface area (Å²) in [4.78, 5) is 23.0. The lowest BCUT2D eigenvalue weighted by Gasteiger charge is -2.18. The molecule has 0 heterocycles. The number of hydrogen-bond acceptors (Lipinski definition) is 3. The molecule has 0 radical (unpaired) electrons. The number of nitrogens with one attached hydrogen (secondary N) is 1. The predicted molar refractivity (Wildman–Crippen MR) is 77.7 cm³/mol. The van der Waals surface area contributed by atoms with E-state index in [2.05, 4.69) is 5.32 Å². The Morgan fingerprint density at radius 3 is 2.71 bits per heavy atom. The number of benzene rings is 1. The normalized spacial score (nSPS) is 21.6. The maximum atomic E-state index is 12.2. The third kappa shape index (κ3) is 4.56. The maximum absolute atomic E-state index is 12.2. The lowest BCUT2D eigenvalue weighted by molar-refractivity contribution is -0.137. The van der Waals surface area contributed by atoms with Crippen molar-refractivity contribution in [3.63, 3.8) is 0 Å². The van der Waals surface area contributed by atoms with E-state index in [0.717, 1.165) is 12.0 Å². The Labute approximate surface area is 124 Å². The van der Waals surface area contributed by atoms with Crippen LogP contribution in [0.2, 0.25) is 0 Å². The van der Waals surface area contributed by atoms with Crippen molar-refractivity contribution in [2.45, 2.75) is 38.3 Å². The number of carbonyl (C=O) groups is 2. The molecule has 21 heavy (non-hydrogen) atoms. The van der Waals surface area contributed by atoms with Gasteiger partial charge in [-0.1, -0.05) is 30.3 Å². The maximum Gasteiger partial charge on any atom is 0.303 e. The number of hydrogen-bond donors (Lipinski definition) is 2. The van der Waals surface area contributed by atoms with Crippen molar-refractivity contribution in [3.05, 3.63) is 35.9 Å². The SMILES string of the molecule is CCOC1CC1C(=O)NC(CCC(=O)O)c1ccccc1. The molecule has 1 aromatic rings. The second-order valence-electron chi connectivity index (χ2n) is 5.24. The van der Waals surface area contributed by atoms with Crippen LogP contribution in [0, 0.1) is 5.92 Å². The third-order valence-electron chi connectivity index (χ3n) is 3.61. The summed E-state index contributed by atoms with van der Waals surface area (Å²) in [6.45, 7) is 2.52. The summed E-state index contributed by atoms with van der Waals surface area (Å²) in [7, 11) is 0. The molecule has 0 aliphatic heterocycles. The number of aliphatic carboxylic acids is 1. The van der Waals surface area contributed by atoms with Gasteiger partial charge >= 0.3 is 5.97 Å². The minimum Gasteiger partial charge on any atom is -0.481 e. The molecule has 1 aromatic carbocycles. The van der Waals surface area contributed by atoms with Gasteiger partial charge in [-0.3, -0.25) is 9.59 Å². The summed E-state index contributed by atoms with van der Waals surface area (Å²) >= 11 is 0. The molecule has 1 aliphatic rings. The zero-order valence-electron chi connectivity index (χ0n) is 12.1. The monoisotopic (exact) mass is 291 g/mol. The molecule has 0 aromatic heterocycles. The molecule has 1 fully saturated rings. The molecule has 3 unspecified atom stereocenters. The van der Waals surface area contributed by atoms with E-state index in [0.29, 0.717) is 13.0 Å². The van der Waals surface area contributed by atoms with Crippen molar-refractivity contribution in [2.75, 3.05) is 6.61 Å². The van der Waals surface area contributed by atoms with Crippen LogP contribution in [-0.4, -0.2) is 29.7 Å². The van der Waals surface area contributed by atoms with Crippen LogP contribution < -0.4 is 5.32 Å². The van der Waals surface area contributed by atoms with E-state index < -0.39 is 5.97 Å². The summed E-state index contributed by atoms with van der Waals surface area (Å²) in [5.41, 5.74) is 0.931. The van der Waals surface area contributed by atoms with Crippen molar-refractivity contribution in [2.24, 2.45) is 5.92 Å². The summed E-state index contributed by atoms with van der Waals surface area (Å²) in [5, 5.41) is 11.8. The van der Waals surface area contributed by atoms with Crippen LogP contribution >= 0.6 is 0 Å². The van der Waals surface area contributed by atoms with Crippen LogP contribution in [-0.2, 0) is 14.3 Å². The highest BCUT2D eigenvalue weighted by molar-refractivity contribution is 5.82. The molecule has 0 saturated heterocycles. The fraction of sp³-hybridized carbons (Fsp3) is 0.500. The molecule has 1 amide bonds. The molecule has 114 valence electrons. The first-order chi connectivity index (χ1) is 10.1. The fourth-order valence-electron chi connectivity index (χ4n) is 2.40. The van der Waals surface area contributed by atoms with Gasteiger partial charge in [-0.05, 0) is 25.3 Å². The fourth-order valence-corrected chi connectivity index (χ4v) is 2.40. The highest BCUT2D eigenvalue weighted by Gasteiger charge is 2.44. The molecular weight excluding hydrogens is 270 g/mol. The van der Waals surface area contributed by atoms with Gasteiger partial charge in [-0.15, -0.1) is 0 Å². The number of ether oxygens (including phenoxy) is 1. The molecule has 0 bridgehead atoms. The summed E-state index contributed by atoms with van der Waals surface area (Å²) < 4.78 is 5.42. The summed E-state index contributed by atoms with van der Waals surface area (Å²) in [6, 6.07) is 9.20. The van der Waals surface area contributed by atoms with Gasteiger partial charge in [0.1, 0.15) is 0 Å². The van der Waals surface area contributed by atoms with E-state index in [-0.39, 0.29) is 30.4 Å². The van der Waals surface area contributed by atoms with Gasteiger partial charge in [-0.2, -0.15) is 0 Å². The van der Waals surface area contributed by atoms with Gasteiger partial charge in [0.25, 0.3) is 0 Å². The van der Waals surface area contributed by atoms with E-state index in [1.807, 2.05) is 37.3 Å². The first kappa shape index (κ1) is 15.5. The second-order valence-corrected chi connectivity index (χ2v) is 5.24. The van der Waals surface area contributed by atoms with Gasteiger partial charge in [0.15, 0.2) is 0 Å². The van der Waals surface area contributed by atoms with Crippen molar-refractivity contribution in [1.29, 1.82) is 0 Å². The van der Waals surface area contributed by atoms with E-state index in [1.54, 1.807) is 0 Å². The van der Waals surface area contributed by atoms with Gasteiger partial charge in [0.05, 0.1) is 18.1 Å². The smallest absolute Gasteiger partial charge is 0.303 e. The molecule has 2 rings (SSSR count). The highest BCUT2D eigenvalue weighted by atomic mass is 16.5. The van der Waals surface area contributed by atoms with Gasteiger partial charge < -0.3 is 15.2 Å². The van der Waals surface area contributed by atoms with Crippen LogP contribution in [0.25, 0.3) is 0 Å². The molecule has 1 saturated carbocycles. The number of rotatable bonds is 8. The largest absolute Gasteiger partial charge is 0.481 e. The van der Waals surface area contributed by atoms with Crippen LogP contribution in [0.4, 0.5) is 0 Å². The van der Waals surface area contributed by atoms with Gasteiger partial charge in [-0.25, -0.2) is 0 Å².